The third kappa shape index (κ3) is 8.09. The number of ketones is 1. The molecular formula is C28H32N4O3S. The maximum Gasteiger partial charge on any atom is 0.296 e. The second kappa shape index (κ2) is 12.7. The third-order valence-corrected chi connectivity index (χ3v) is 5.30. The van der Waals surface area contributed by atoms with Gasteiger partial charge in [0, 0.05) is 34.7 Å². The van der Waals surface area contributed by atoms with Crippen LogP contribution in [0.15, 0.2) is 88.2 Å². The van der Waals surface area contributed by atoms with E-state index in [0.29, 0.717) is 5.39 Å². The van der Waals surface area contributed by atoms with Gasteiger partial charge in [-0.3, -0.25) is 19.4 Å². The maximum atomic E-state index is 13.2. The molecule has 0 unspecified atom stereocenters. The SMILES string of the molecule is C\C=C/N=C\C=C(/C)Nc1ccc(C(=O)C(=O)NC(/C=C/C(C)(C)C)=C(/S)C(N)=O)c2ccccc12. The first-order chi connectivity index (χ1) is 16.9. The van der Waals surface area contributed by atoms with Crippen LogP contribution in [0.2, 0.25) is 0 Å². The van der Waals surface area contributed by atoms with Gasteiger partial charge in [0.25, 0.3) is 17.6 Å². The highest BCUT2D eigenvalue weighted by molar-refractivity contribution is 7.85. The molecule has 0 aliphatic rings. The van der Waals surface area contributed by atoms with E-state index in [1.165, 1.54) is 6.08 Å². The van der Waals surface area contributed by atoms with Crippen LogP contribution in [0.5, 0.6) is 0 Å². The summed E-state index contributed by atoms with van der Waals surface area (Å²) in [4.78, 5) is 41.7. The summed E-state index contributed by atoms with van der Waals surface area (Å²) in [6, 6.07) is 10.6. The fourth-order valence-corrected chi connectivity index (χ4v) is 3.23. The zero-order chi connectivity index (χ0) is 26.9. The first-order valence-electron chi connectivity index (χ1n) is 11.3. The third-order valence-electron chi connectivity index (χ3n) is 4.84. The van der Waals surface area contributed by atoms with Crippen LogP contribution in [0.1, 0.15) is 45.0 Å². The van der Waals surface area contributed by atoms with Crippen LogP contribution in [-0.4, -0.2) is 23.8 Å². The molecule has 0 fully saturated rings. The van der Waals surface area contributed by atoms with Crippen LogP contribution >= 0.6 is 12.6 Å². The van der Waals surface area contributed by atoms with Crippen molar-refractivity contribution in [2.24, 2.45) is 16.1 Å². The topological polar surface area (TPSA) is 114 Å². The van der Waals surface area contributed by atoms with Crippen molar-refractivity contribution in [3.63, 3.8) is 0 Å². The number of primary amides is 1. The zero-order valence-electron chi connectivity index (χ0n) is 21.1. The number of anilines is 1. The Balaban J connectivity index is 2.41. The van der Waals surface area contributed by atoms with Crippen molar-refractivity contribution in [3.8, 4) is 0 Å². The Morgan fingerprint density at radius 2 is 1.72 bits per heavy atom. The van der Waals surface area contributed by atoms with Crippen LogP contribution in [0, 0.1) is 5.41 Å². The number of Topliss-reactive ketones (excluding diaryl/α,β-unsaturated/α-hetero) is 1. The highest BCUT2D eigenvalue weighted by Crippen LogP contribution is 2.28. The average molecular weight is 505 g/mol. The van der Waals surface area contributed by atoms with E-state index in [1.807, 2.05) is 58.9 Å². The Bertz CT molecular complexity index is 1310. The Morgan fingerprint density at radius 1 is 1.06 bits per heavy atom. The van der Waals surface area contributed by atoms with Gasteiger partial charge >= 0.3 is 0 Å². The van der Waals surface area contributed by atoms with E-state index in [2.05, 4.69) is 28.3 Å². The number of amides is 2. The largest absolute Gasteiger partial charge is 0.365 e. The molecule has 2 rings (SSSR count). The minimum atomic E-state index is -0.904. The van der Waals surface area contributed by atoms with Gasteiger partial charge in [0.2, 0.25) is 0 Å². The average Bonchev–Trinajstić information content (AvgIpc) is 2.83. The predicted octanol–water partition coefficient (Wildman–Crippen LogP) is 5.29. The van der Waals surface area contributed by atoms with Crippen LogP contribution in [-0.2, 0) is 9.59 Å². The summed E-state index contributed by atoms with van der Waals surface area (Å²) in [7, 11) is 0. The number of hydrogen-bond acceptors (Lipinski definition) is 6. The Morgan fingerprint density at radius 3 is 2.33 bits per heavy atom. The predicted molar refractivity (Wildman–Crippen MR) is 151 cm³/mol. The van der Waals surface area contributed by atoms with E-state index in [9.17, 15) is 14.4 Å². The van der Waals surface area contributed by atoms with Gasteiger partial charge in [-0.1, -0.05) is 57.2 Å². The molecule has 0 aliphatic carbocycles. The van der Waals surface area contributed by atoms with Crippen molar-refractivity contribution < 1.29 is 14.4 Å². The summed E-state index contributed by atoms with van der Waals surface area (Å²) in [5, 5.41) is 7.17. The second-order valence-electron chi connectivity index (χ2n) is 9.07. The summed E-state index contributed by atoms with van der Waals surface area (Å²) in [5.74, 6) is -2.48. The van der Waals surface area contributed by atoms with E-state index in [1.54, 1.807) is 42.8 Å². The number of nitrogens with zero attached hydrogens (tertiary/aromatic N) is 1. The van der Waals surface area contributed by atoms with Crippen LogP contribution < -0.4 is 16.4 Å². The van der Waals surface area contributed by atoms with E-state index in [-0.39, 0.29) is 21.6 Å². The zero-order valence-corrected chi connectivity index (χ0v) is 22.0. The number of hydrogen-bond donors (Lipinski definition) is 4. The normalized spacial score (nSPS) is 13.4. The lowest BCUT2D eigenvalue weighted by molar-refractivity contribution is -0.116. The maximum absolute atomic E-state index is 13.2. The smallest absolute Gasteiger partial charge is 0.296 e. The number of aliphatic imine (C=N–C) groups is 1. The number of thiol groups is 1. The quantitative estimate of drug-likeness (QED) is 0.0928. The van der Waals surface area contributed by atoms with Crippen molar-refractivity contribution in [1.82, 2.24) is 5.32 Å². The molecule has 0 saturated carbocycles. The van der Waals surface area contributed by atoms with Crippen LogP contribution in [0.25, 0.3) is 10.8 Å². The number of fused-ring (bicyclic) bond motifs is 1. The number of nitrogens with one attached hydrogen (secondary N) is 2. The Hall–Kier alpha value is -3.91. The first kappa shape index (κ1) is 28.3. The number of carbonyl (C=O) groups is 3. The van der Waals surface area contributed by atoms with E-state index in [0.717, 1.165) is 16.8 Å². The number of nitrogens with two attached hydrogens (primary N) is 1. The van der Waals surface area contributed by atoms with Gasteiger partial charge in [-0.15, -0.1) is 12.6 Å². The lowest BCUT2D eigenvalue weighted by atomic mass is 9.96. The Kier molecular flexibility index (Phi) is 9.99. The minimum absolute atomic E-state index is 0.0574. The summed E-state index contributed by atoms with van der Waals surface area (Å²) < 4.78 is 0. The molecule has 0 aromatic heterocycles. The highest BCUT2D eigenvalue weighted by atomic mass is 32.1. The van der Waals surface area contributed by atoms with Gasteiger partial charge in [-0.2, -0.15) is 0 Å². The molecule has 0 heterocycles. The molecule has 2 amide bonds. The molecule has 0 spiro atoms. The molecule has 188 valence electrons. The lowest BCUT2D eigenvalue weighted by Crippen LogP contribution is -2.32. The fraction of sp³-hybridized carbons (Fsp3) is 0.214. The van der Waals surface area contributed by atoms with Gasteiger partial charge in [-0.25, -0.2) is 0 Å². The molecule has 0 saturated heterocycles. The van der Waals surface area contributed by atoms with Gasteiger partial charge in [-0.05, 0) is 48.9 Å². The fourth-order valence-electron chi connectivity index (χ4n) is 3.10. The molecule has 0 aliphatic heterocycles. The highest BCUT2D eigenvalue weighted by Gasteiger charge is 2.22. The van der Waals surface area contributed by atoms with Gasteiger partial charge in [0.05, 0.1) is 10.6 Å². The molecule has 2 aromatic rings. The van der Waals surface area contributed by atoms with Gasteiger partial charge in [0.15, 0.2) is 0 Å². The van der Waals surface area contributed by atoms with Gasteiger partial charge in [0.1, 0.15) is 0 Å². The molecule has 4 N–H and O–H groups in total. The van der Waals surface area contributed by atoms with Gasteiger partial charge < -0.3 is 16.4 Å². The lowest BCUT2D eigenvalue weighted by Gasteiger charge is -2.15. The van der Waals surface area contributed by atoms with Crippen molar-refractivity contribution in [2.45, 2.75) is 34.6 Å². The van der Waals surface area contributed by atoms with E-state index < -0.39 is 17.6 Å². The monoisotopic (exact) mass is 504 g/mol. The van der Waals surface area contributed by atoms with Crippen molar-refractivity contribution >= 4 is 52.9 Å². The minimum Gasteiger partial charge on any atom is -0.365 e. The standard InChI is InChI=1S/C28H32N4O3S/c1-6-16-30-17-14-18(2)31-22-12-11-21(19-9-7-8-10-20(19)22)24(33)27(35)32-23(25(36)26(29)34)13-15-28(3,4)5/h6-17,31,36H,1-5H3,(H2,29,34)(H,32,35)/b15-13+,16-6-,18-14+,25-23+,30-17-. The van der Waals surface area contributed by atoms with Crippen LogP contribution in [0.3, 0.4) is 0 Å². The molecule has 8 heteroatoms. The van der Waals surface area contributed by atoms with Crippen molar-refractivity contribution in [2.75, 3.05) is 5.32 Å². The van der Waals surface area contributed by atoms with Crippen molar-refractivity contribution in [1.29, 1.82) is 0 Å². The molecule has 36 heavy (non-hydrogen) atoms. The molecule has 7 nitrogen and oxygen atoms in total. The summed E-state index contributed by atoms with van der Waals surface area (Å²) in [6.07, 6.45) is 10.3. The van der Waals surface area contributed by atoms with E-state index in [4.69, 9.17) is 5.73 Å². The molecule has 0 radical (unpaired) electrons. The number of carbonyl (C=O) groups excluding carboxylic acids is 3. The number of allylic oxidation sites excluding steroid dienone is 5. The summed E-state index contributed by atoms with van der Waals surface area (Å²) >= 11 is 4.12. The Labute approximate surface area is 217 Å². The second-order valence-corrected chi connectivity index (χ2v) is 9.52. The molecule has 0 bridgehead atoms. The number of rotatable bonds is 9. The molecule has 2 aromatic carbocycles. The summed E-state index contributed by atoms with van der Waals surface area (Å²) in [5.41, 5.74) is 7.01. The van der Waals surface area contributed by atoms with Crippen molar-refractivity contribution in [3.05, 3.63) is 88.8 Å². The van der Waals surface area contributed by atoms with Crippen LogP contribution in [0.4, 0.5) is 5.69 Å². The molecular weight excluding hydrogens is 472 g/mol. The van der Waals surface area contributed by atoms with E-state index >= 15 is 0 Å². The number of benzene rings is 2. The molecule has 0 atom stereocenters. The summed E-state index contributed by atoms with van der Waals surface area (Å²) in [6.45, 7) is 9.63. The first-order valence-corrected chi connectivity index (χ1v) is 11.8.